The first-order valence-corrected chi connectivity index (χ1v) is 9.71. The van der Waals surface area contributed by atoms with Gasteiger partial charge in [0.05, 0.1) is 11.2 Å². The molecule has 8 heteroatoms. The van der Waals surface area contributed by atoms with Gasteiger partial charge in [-0.15, -0.1) is 0 Å². The number of rotatable bonds is 3. The largest absolute Gasteiger partial charge is 0.340 e. The van der Waals surface area contributed by atoms with Crippen LogP contribution in [-0.2, 0) is 17.1 Å². The van der Waals surface area contributed by atoms with Gasteiger partial charge in [0.1, 0.15) is 5.69 Å². The van der Waals surface area contributed by atoms with Crippen molar-refractivity contribution in [3.05, 3.63) is 48.5 Å². The molecule has 1 aromatic heterocycles. The number of fused-ring (bicyclic) bond motifs is 1. The van der Waals surface area contributed by atoms with Gasteiger partial charge in [-0.05, 0) is 24.0 Å². The van der Waals surface area contributed by atoms with Gasteiger partial charge in [-0.25, -0.2) is 13.4 Å². The molecule has 1 amide bonds. The Morgan fingerprint density at radius 3 is 2.28 bits per heavy atom. The summed E-state index contributed by atoms with van der Waals surface area (Å²) in [4.78, 5) is 18.7. The Kier molecular flexibility index (Phi) is 3.88. The zero-order valence-electron chi connectivity index (χ0n) is 13.9. The summed E-state index contributed by atoms with van der Waals surface area (Å²) >= 11 is 0. The van der Waals surface area contributed by atoms with E-state index >= 15 is 0 Å². The number of imidazole rings is 1. The minimum absolute atomic E-state index is 0.0764. The van der Waals surface area contributed by atoms with E-state index in [1.54, 1.807) is 56.6 Å². The molecule has 2 unspecified atom stereocenters. The summed E-state index contributed by atoms with van der Waals surface area (Å²) in [6.07, 6.45) is 3.32. The van der Waals surface area contributed by atoms with Crippen molar-refractivity contribution in [2.24, 2.45) is 18.9 Å². The zero-order chi connectivity index (χ0) is 17.6. The quantitative estimate of drug-likeness (QED) is 0.812. The lowest BCUT2D eigenvalue weighted by Gasteiger charge is -2.21. The highest BCUT2D eigenvalue weighted by atomic mass is 32.2. The monoisotopic (exact) mass is 360 g/mol. The molecule has 0 N–H and O–H groups in total. The predicted molar refractivity (Wildman–Crippen MR) is 91.3 cm³/mol. The number of aromatic nitrogens is 2. The predicted octanol–water partition coefficient (Wildman–Crippen LogP) is 0.813. The number of hydrogen-bond acceptors (Lipinski definition) is 4. The van der Waals surface area contributed by atoms with E-state index in [1.807, 2.05) is 7.05 Å². The third kappa shape index (κ3) is 2.85. The van der Waals surface area contributed by atoms with Crippen molar-refractivity contribution < 1.29 is 13.2 Å². The van der Waals surface area contributed by atoms with Crippen LogP contribution in [-0.4, -0.2) is 59.3 Å². The van der Waals surface area contributed by atoms with Crippen molar-refractivity contribution in [2.45, 2.75) is 4.90 Å². The summed E-state index contributed by atoms with van der Waals surface area (Å²) in [5.41, 5.74) is 0.441. The summed E-state index contributed by atoms with van der Waals surface area (Å²) in [5.74, 6) is 0.296. The van der Waals surface area contributed by atoms with Crippen LogP contribution in [0.1, 0.15) is 10.5 Å². The Labute approximate surface area is 146 Å². The number of aryl methyl sites for hydroxylation is 1. The van der Waals surface area contributed by atoms with Crippen LogP contribution in [0.15, 0.2) is 47.8 Å². The third-order valence-corrected chi connectivity index (χ3v) is 6.89. The standard InChI is InChI=1S/C17H20N4O3S/c1-19-11-16(18-12-19)17(22)20-7-13-9-21(10-14(13)8-20)25(23,24)15-5-3-2-4-6-15/h2-6,11-14H,7-10H2,1H3. The van der Waals surface area contributed by atoms with E-state index in [9.17, 15) is 13.2 Å². The normalized spacial score (nSPS) is 23.8. The lowest BCUT2D eigenvalue weighted by Crippen LogP contribution is -2.35. The lowest BCUT2D eigenvalue weighted by molar-refractivity contribution is 0.0773. The number of hydrogen-bond donors (Lipinski definition) is 0. The molecule has 3 heterocycles. The van der Waals surface area contributed by atoms with Gasteiger partial charge in [-0.3, -0.25) is 4.79 Å². The minimum atomic E-state index is -3.45. The van der Waals surface area contributed by atoms with Gasteiger partial charge in [0.25, 0.3) is 5.91 Å². The molecule has 2 atom stereocenters. The van der Waals surface area contributed by atoms with Gasteiger partial charge in [0.2, 0.25) is 10.0 Å². The van der Waals surface area contributed by atoms with Gasteiger partial charge >= 0.3 is 0 Å². The molecule has 1 aromatic carbocycles. The van der Waals surface area contributed by atoms with Gasteiger partial charge < -0.3 is 9.47 Å². The van der Waals surface area contributed by atoms with E-state index in [1.165, 1.54) is 0 Å². The van der Waals surface area contributed by atoms with Gasteiger partial charge in [-0.1, -0.05) is 18.2 Å². The average Bonchev–Trinajstić information content (AvgIpc) is 3.29. The summed E-state index contributed by atoms with van der Waals surface area (Å²) in [6.45, 7) is 2.10. The van der Waals surface area contributed by atoms with Crippen molar-refractivity contribution >= 4 is 15.9 Å². The fourth-order valence-corrected chi connectivity index (χ4v) is 5.31. The van der Waals surface area contributed by atoms with Crippen molar-refractivity contribution in [3.63, 3.8) is 0 Å². The number of sulfonamides is 1. The SMILES string of the molecule is Cn1cnc(C(=O)N2CC3CN(S(=O)(=O)c4ccccc4)CC3C2)c1. The maximum atomic E-state index is 12.7. The molecule has 0 aliphatic carbocycles. The van der Waals surface area contributed by atoms with Crippen LogP contribution < -0.4 is 0 Å². The summed E-state index contributed by atoms with van der Waals surface area (Å²) in [5, 5.41) is 0. The molecule has 0 radical (unpaired) electrons. The Hall–Kier alpha value is -2.19. The Bertz CT molecular complexity index is 880. The highest BCUT2D eigenvalue weighted by molar-refractivity contribution is 7.89. The zero-order valence-corrected chi connectivity index (χ0v) is 14.8. The number of amides is 1. The van der Waals surface area contributed by atoms with E-state index in [2.05, 4.69) is 4.98 Å². The maximum Gasteiger partial charge on any atom is 0.274 e. The first-order valence-electron chi connectivity index (χ1n) is 8.27. The first kappa shape index (κ1) is 16.3. The second-order valence-electron chi connectivity index (χ2n) is 6.79. The first-order chi connectivity index (χ1) is 11.9. The van der Waals surface area contributed by atoms with Crippen LogP contribution in [0.4, 0.5) is 0 Å². The Morgan fingerprint density at radius 2 is 1.72 bits per heavy atom. The van der Waals surface area contributed by atoms with Gasteiger partial charge in [0.15, 0.2) is 0 Å². The number of carbonyl (C=O) groups is 1. The number of carbonyl (C=O) groups excluding carboxylic acids is 1. The molecule has 0 bridgehead atoms. The lowest BCUT2D eigenvalue weighted by atomic mass is 10.0. The molecule has 2 aliphatic rings. The van der Waals surface area contributed by atoms with E-state index in [0.717, 1.165) is 0 Å². The van der Waals surface area contributed by atoms with Gasteiger partial charge in [0, 0.05) is 39.4 Å². The highest BCUT2D eigenvalue weighted by Gasteiger charge is 2.45. The number of nitrogens with zero attached hydrogens (tertiary/aromatic N) is 4. The number of likely N-dealkylation sites (tertiary alicyclic amines) is 1. The second kappa shape index (κ2) is 5.96. The molecule has 2 fully saturated rings. The fraction of sp³-hybridized carbons (Fsp3) is 0.412. The Morgan fingerprint density at radius 1 is 1.08 bits per heavy atom. The molecule has 0 spiro atoms. The van der Waals surface area contributed by atoms with Crippen LogP contribution in [0, 0.1) is 11.8 Å². The highest BCUT2D eigenvalue weighted by Crippen LogP contribution is 2.34. The molecule has 25 heavy (non-hydrogen) atoms. The van der Waals surface area contributed by atoms with E-state index < -0.39 is 10.0 Å². The van der Waals surface area contributed by atoms with Crippen LogP contribution in [0.5, 0.6) is 0 Å². The topological polar surface area (TPSA) is 75.5 Å². The van der Waals surface area contributed by atoms with Crippen molar-refractivity contribution in [2.75, 3.05) is 26.2 Å². The minimum Gasteiger partial charge on any atom is -0.340 e. The molecule has 0 saturated carbocycles. The summed E-state index contributed by atoms with van der Waals surface area (Å²) in [6, 6.07) is 8.52. The average molecular weight is 360 g/mol. The molecule has 2 aromatic rings. The van der Waals surface area contributed by atoms with Crippen LogP contribution in [0.2, 0.25) is 0 Å². The summed E-state index contributed by atoms with van der Waals surface area (Å²) in [7, 11) is -1.62. The second-order valence-corrected chi connectivity index (χ2v) is 8.73. The summed E-state index contributed by atoms with van der Waals surface area (Å²) < 4.78 is 28.8. The van der Waals surface area contributed by atoms with Crippen molar-refractivity contribution in [1.82, 2.24) is 18.8 Å². The molecule has 2 aliphatic heterocycles. The van der Waals surface area contributed by atoms with Crippen LogP contribution >= 0.6 is 0 Å². The van der Waals surface area contributed by atoms with Crippen molar-refractivity contribution in [1.29, 1.82) is 0 Å². The van der Waals surface area contributed by atoms with Crippen molar-refractivity contribution in [3.8, 4) is 0 Å². The molecule has 7 nitrogen and oxygen atoms in total. The molecular formula is C17H20N4O3S. The van der Waals surface area contributed by atoms with E-state index in [-0.39, 0.29) is 17.7 Å². The smallest absolute Gasteiger partial charge is 0.274 e. The third-order valence-electron chi connectivity index (χ3n) is 5.04. The maximum absolute atomic E-state index is 12.7. The molecule has 132 valence electrons. The fourth-order valence-electron chi connectivity index (χ4n) is 3.74. The van der Waals surface area contributed by atoms with Gasteiger partial charge in [-0.2, -0.15) is 4.31 Å². The van der Waals surface area contributed by atoms with E-state index in [4.69, 9.17) is 0 Å². The van der Waals surface area contributed by atoms with E-state index in [0.29, 0.717) is 36.8 Å². The van der Waals surface area contributed by atoms with Crippen LogP contribution in [0.25, 0.3) is 0 Å². The Balaban J connectivity index is 1.45. The molecule has 4 rings (SSSR count). The molecule has 2 saturated heterocycles. The number of benzene rings is 1. The van der Waals surface area contributed by atoms with Crippen LogP contribution in [0.3, 0.4) is 0 Å². The molecular weight excluding hydrogens is 340 g/mol.